The molecule has 22 heavy (non-hydrogen) atoms. The topological polar surface area (TPSA) is 24.4 Å². The number of nitrogens with zero attached hydrogens (tertiary/aromatic N) is 1. The van der Waals surface area contributed by atoms with Gasteiger partial charge in [-0.25, -0.2) is 4.39 Å². The lowest BCUT2D eigenvalue weighted by molar-refractivity contribution is 0.634. The number of amidine groups is 1. The van der Waals surface area contributed by atoms with Gasteiger partial charge in [-0.3, -0.25) is 4.99 Å². The summed E-state index contributed by atoms with van der Waals surface area (Å²) in [5, 5.41) is 2.98. The second-order valence-corrected chi connectivity index (χ2v) is 6.72. The highest BCUT2D eigenvalue weighted by Crippen LogP contribution is 2.22. The Kier molecular flexibility index (Phi) is 7.45. The molecule has 0 amide bonds. The van der Waals surface area contributed by atoms with Gasteiger partial charge in [-0.1, -0.05) is 40.8 Å². The number of nitrogens with one attached hydrogen (secondary N) is 1. The van der Waals surface area contributed by atoms with E-state index < -0.39 is 0 Å². The molecule has 0 saturated heterocycles. The Morgan fingerprint density at radius 3 is 2.77 bits per heavy atom. The molecular weight excluding hydrogens is 410 g/mol. The summed E-state index contributed by atoms with van der Waals surface area (Å²) in [7, 11) is 0. The molecule has 118 valence electrons. The molecule has 1 aromatic rings. The summed E-state index contributed by atoms with van der Waals surface area (Å²) in [4.78, 5) is 5.33. The molecule has 1 N–H and O–H groups in total. The Morgan fingerprint density at radius 2 is 2.05 bits per heavy atom. The summed E-state index contributed by atoms with van der Waals surface area (Å²) in [6.45, 7) is 0.456. The summed E-state index contributed by atoms with van der Waals surface area (Å²) >= 11 is 6.59. The minimum Gasteiger partial charge on any atom is -0.345 e. The predicted octanol–water partition coefficient (Wildman–Crippen LogP) is 5.21. The third kappa shape index (κ3) is 5.43. The fraction of sp³-hybridized carbons (Fsp3) is 0.353. The van der Waals surface area contributed by atoms with Crippen LogP contribution >= 0.6 is 35.2 Å². The zero-order chi connectivity index (χ0) is 15.8. The van der Waals surface area contributed by atoms with Crippen LogP contribution in [0.4, 0.5) is 4.39 Å². The summed E-state index contributed by atoms with van der Waals surface area (Å²) in [6, 6.07) is 7.76. The molecule has 0 spiro atoms. The van der Waals surface area contributed by atoms with Gasteiger partial charge in [0.05, 0.1) is 6.54 Å². The molecule has 2 rings (SSSR count). The maximum Gasteiger partial charge on any atom is 0.164 e. The molecule has 0 aliphatic carbocycles. The van der Waals surface area contributed by atoms with Crippen molar-refractivity contribution >= 4 is 41.1 Å². The van der Waals surface area contributed by atoms with Gasteiger partial charge >= 0.3 is 0 Å². The van der Waals surface area contributed by atoms with Crippen molar-refractivity contribution in [3.8, 4) is 0 Å². The first-order valence-corrected chi connectivity index (χ1v) is 9.35. The third-order valence-electron chi connectivity index (χ3n) is 3.44. The molecule has 0 aromatic heterocycles. The maximum absolute atomic E-state index is 14.7. The zero-order valence-corrected chi connectivity index (χ0v) is 15.4. The third-order valence-corrected chi connectivity index (χ3v) is 4.50. The smallest absolute Gasteiger partial charge is 0.164 e. The van der Waals surface area contributed by atoms with Gasteiger partial charge in [0, 0.05) is 4.90 Å². The molecule has 1 aliphatic rings. The molecule has 0 bridgehead atoms. The van der Waals surface area contributed by atoms with Crippen LogP contribution < -0.4 is 5.32 Å². The minimum absolute atomic E-state index is 0.181. The summed E-state index contributed by atoms with van der Waals surface area (Å²) in [5.74, 6) is 0.161. The van der Waals surface area contributed by atoms with Crippen molar-refractivity contribution in [2.24, 2.45) is 4.99 Å². The Balaban J connectivity index is 2.16. The van der Waals surface area contributed by atoms with Gasteiger partial charge < -0.3 is 5.32 Å². The monoisotopic (exact) mass is 430 g/mol. The van der Waals surface area contributed by atoms with Crippen LogP contribution in [0, 0.1) is 0 Å². The molecule has 0 radical (unpaired) electrons. The van der Waals surface area contributed by atoms with Crippen LogP contribution in [0.5, 0.6) is 0 Å². The first kappa shape index (κ1) is 17.5. The summed E-state index contributed by atoms with van der Waals surface area (Å²) in [6.07, 6.45) is 7.26. The van der Waals surface area contributed by atoms with E-state index in [1.54, 1.807) is 6.20 Å². The van der Waals surface area contributed by atoms with E-state index in [0.717, 1.165) is 46.1 Å². The Hall–Kier alpha value is -0.820. The van der Waals surface area contributed by atoms with Gasteiger partial charge in [0.1, 0.15) is 0 Å². The van der Waals surface area contributed by atoms with Crippen LogP contribution in [-0.4, -0.2) is 10.3 Å². The van der Waals surface area contributed by atoms with E-state index in [1.165, 1.54) is 0 Å². The van der Waals surface area contributed by atoms with Crippen molar-refractivity contribution in [1.29, 1.82) is 0 Å². The lowest BCUT2D eigenvalue weighted by Crippen LogP contribution is -2.21. The second-order valence-electron chi connectivity index (χ2n) is 5.13. The highest BCUT2D eigenvalue weighted by Gasteiger charge is 2.13. The van der Waals surface area contributed by atoms with Gasteiger partial charge in [0.2, 0.25) is 0 Å². The lowest BCUT2D eigenvalue weighted by atomic mass is 10.0. The Labute approximate surface area is 150 Å². The van der Waals surface area contributed by atoms with Crippen molar-refractivity contribution in [2.75, 3.05) is 4.43 Å². The first-order chi connectivity index (χ1) is 10.7. The lowest BCUT2D eigenvalue weighted by Gasteiger charge is -2.13. The van der Waals surface area contributed by atoms with Gasteiger partial charge in [-0.15, -0.1) is 12.6 Å². The molecule has 0 fully saturated rings. The van der Waals surface area contributed by atoms with E-state index in [4.69, 9.17) is 0 Å². The van der Waals surface area contributed by atoms with E-state index in [2.05, 4.69) is 45.5 Å². The standard InChI is InChI=1S/C17H20FIN2S/c18-16-14(5-3-10-19)4-1-2-11-20-17(16)21-12-13-6-8-15(22)9-7-13/h2,6-9,11,22H,1,3-5,10,12H2,(H,20,21)/b11-2+,16-14?. The first-order valence-electron chi connectivity index (χ1n) is 7.38. The van der Waals surface area contributed by atoms with E-state index in [-0.39, 0.29) is 5.83 Å². The van der Waals surface area contributed by atoms with Crippen LogP contribution in [0.25, 0.3) is 0 Å². The number of benzene rings is 1. The van der Waals surface area contributed by atoms with Gasteiger partial charge in [0.25, 0.3) is 0 Å². The number of thiol groups is 1. The zero-order valence-electron chi connectivity index (χ0n) is 12.4. The fourth-order valence-corrected chi connectivity index (χ4v) is 2.75. The van der Waals surface area contributed by atoms with Crippen molar-refractivity contribution in [1.82, 2.24) is 5.32 Å². The number of alkyl halides is 1. The molecular formula is C17H20FIN2S. The quantitative estimate of drug-likeness (QED) is 0.374. The summed E-state index contributed by atoms with van der Waals surface area (Å²) in [5.41, 5.74) is 1.91. The second kappa shape index (κ2) is 9.35. The number of halogens is 2. The highest BCUT2D eigenvalue weighted by molar-refractivity contribution is 14.1. The number of hydrogen-bond donors (Lipinski definition) is 2. The molecule has 0 atom stereocenters. The van der Waals surface area contributed by atoms with Crippen LogP contribution in [-0.2, 0) is 6.54 Å². The van der Waals surface area contributed by atoms with Gasteiger partial charge in [-0.05, 0) is 59.6 Å². The molecule has 1 aromatic carbocycles. The average Bonchev–Trinajstić information content (AvgIpc) is 2.52. The normalized spacial score (nSPS) is 18.8. The molecule has 2 nitrogen and oxygen atoms in total. The van der Waals surface area contributed by atoms with E-state index in [1.807, 2.05) is 30.3 Å². The van der Waals surface area contributed by atoms with Crippen LogP contribution in [0.15, 0.2) is 57.8 Å². The highest BCUT2D eigenvalue weighted by atomic mass is 127. The average molecular weight is 430 g/mol. The largest absolute Gasteiger partial charge is 0.345 e. The molecule has 0 unspecified atom stereocenters. The Bertz CT molecular complexity index is 579. The number of hydrogen-bond acceptors (Lipinski definition) is 2. The van der Waals surface area contributed by atoms with Gasteiger partial charge in [0.15, 0.2) is 11.7 Å². The Morgan fingerprint density at radius 1 is 1.27 bits per heavy atom. The van der Waals surface area contributed by atoms with E-state index in [9.17, 15) is 4.39 Å². The number of aliphatic imine (C=N–C) groups is 1. The van der Waals surface area contributed by atoms with Crippen molar-refractivity contribution in [3.05, 3.63) is 53.5 Å². The van der Waals surface area contributed by atoms with Crippen LogP contribution in [0.3, 0.4) is 0 Å². The summed E-state index contributed by atoms with van der Waals surface area (Å²) < 4.78 is 15.7. The van der Waals surface area contributed by atoms with E-state index in [0.29, 0.717) is 12.4 Å². The molecule has 5 heteroatoms. The minimum atomic E-state index is -0.181. The van der Waals surface area contributed by atoms with Crippen LogP contribution in [0.1, 0.15) is 31.2 Å². The number of rotatable bonds is 5. The van der Waals surface area contributed by atoms with Crippen molar-refractivity contribution < 1.29 is 4.39 Å². The fourth-order valence-electron chi connectivity index (χ4n) is 2.22. The van der Waals surface area contributed by atoms with E-state index >= 15 is 0 Å². The maximum atomic E-state index is 14.7. The molecule has 0 saturated carbocycles. The van der Waals surface area contributed by atoms with Gasteiger partial charge in [-0.2, -0.15) is 0 Å². The number of allylic oxidation sites excluding steroid dienone is 2. The molecule has 1 heterocycles. The van der Waals surface area contributed by atoms with Crippen molar-refractivity contribution in [3.63, 3.8) is 0 Å². The van der Waals surface area contributed by atoms with Crippen molar-refractivity contribution in [2.45, 2.75) is 37.1 Å². The predicted molar refractivity (Wildman–Crippen MR) is 103 cm³/mol. The SMILES string of the molecule is FC1=C(CCCI)CC/C=C/NC1=NCc1ccc(S)cc1. The van der Waals surface area contributed by atoms with Crippen LogP contribution in [0.2, 0.25) is 0 Å². The molecule has 1 aliphatic heterocycles.